The van der Waals surface area contributed by atoms with E-state index in [1.807, 2.05) is 0 Å². The van der Waals surface area contributed by atoms with Crippen molar-refractivity contribution in [2.45, 2.75) is 0 Å². The summed E-state index contributed by atoms with van der Waals surface area (Å²) in [7, 11) is -3.64. The summed E-state index contributed by atoms with van der Waals surface area (Å²) in [5, 5.41) is 19.8. The molecule has 1 aromatic rings. The van der Waals surface area contributed by atoms with Crippen LogP contribution >= 0.6 is 0 Å². The Bertz CT molecular complexity index is 652. The molecule has 0 atom stereocenters. The lowest BCUT2D eigenvalue weighted by molar-refractivity contribution is -0.132. The maximum absolute atomic E-state index is 11.3. The number of aliphatic carboxylic acids is 1. The molecule has 2 rings (SSSR count). The van der Waals surface area contributed by atoms with Gasteiger partial charge in [-0.05, 0) is 17.7 Å². The second-order valence-electron chi connectivity index (χ2n) is 3.51. The number of rotatable bonds is 2. The van der Waals surface area contributed by atoms with E-state index in [0.29, 0.717) is 11.0 Å². The molecule has 1 aliphatic rings. The average molecular weight is 252 g/mol. The summed E-state index contributed by atoms with van der Waals surface area (Å²) < 4.78 is 22.7. The molecule has 1 aliphatic heterocycles. The van der Waals surface area contributed by atoms with E-state index in [2.05, 4.69) is 0 Å². The van der Waals surface area contributed by atoms with Crippen molar-refractivity contribution in [3.05, 3.63) is 46.2 Å². The van der Waals surface area contributed by atoms with Gasteiger partial charge in [0.25, 0.3) is 0 Å². The van der Waals surface area contributed by atoms with E-state index in [4.69, 9.17) is 5.11 Å². The molecule has 5 nitrogen and oxygen atoms in total. The minimum Gasteiger partial charge on any atom is -0.508 e. The zero-order chi connectivity index (χ0) is 12.6. The molecule has 0 unspecified atom stereocenters. The van der Waals surface area contributed by atoms with Crippen molar-refractivity contribution in [2.24, 2.45) is 0 Å². The lowest BCUT2D eigenvalue weighted by Gasteiger charge is -2.04. The monoisotopic (exact) mass is 252 g/mol. The molecule has 0 fully saturated rings. The molecule has 0 aliphatic carbocycles. The van der Waals surface area contributed by atoms with Gasteiger partial charge in [-0.25, -0.2) is 13.2 Å². The molecular weight excluding hydrogens is 244 g/mol. The van der Waals surface area contributed by atoms with Crippen LogP contribution in [-0.2, 0) is 14.6 Å². The highest BCUT2D eigenvalue weighted by Gasteiger charge is 2.26. The van der Waals surface area contributed by atoms with Crippen LogP contribution in [0.2, 0.25) is 0 Å². The van der Waals surface area contributed by atoms with Crippen LogP contribution in [0.15, 0.2) is 40.7 Å². The van der Waals surface area contributed by atoms with Gasteiger partial charge in [0.1, 0.15) is 5.75 Å². The van der Waals surface area contributed by atoms with Crippen molar-refractivity contribution in [1.29, 1.82) is 0 Å². The number of hydrogen-bond donors (Lipinski definition) is 2. The van der Waals surface area contributed by atoms with Crippen LogP contribution in [0, 0.1) is 0 Å². The molecule has 6 heteroatoms. The molecule has 0 spiro atoms. The van der Waals surface area contributed by atoms with Gasteiger partial charge in [0.05, 0.1) is 11.0 Å². The number of carboxylic acid groups (broad SMARTS) is 1. The van der Waals surface area contributed by atoms with Gasteiger partial charge < -0.3 is 10.2 Å². The number of phenols is 1. The summed E-state index contributed by atoms with van der Waals surface area (Å²) in [6.07, 6.45) is 0. The molecule has 1 aromatic carbocycles. The van der Waals surface area contributed by atoms with Gasteiger partial charge >= 0.3 is 5.97 Å². The molecule has 0 saturated carbocycles. The smallest absolute Gasteiger partial charge is 0.337 e. The topological polar surface area (TPSA) is 91.7 Å². The third-order valence-corrected chi connectivity index (χ3v) is 3.37. The van der Waals surface area contributed by atoms with E-state index >= 15 is 0 Å². The summed E-state index contributed by atoms with van der Waals surface area (Å²) in [6, 6.07) is 5.76. The molecule has 17 heavy (non-hydrogen) atoms. The maximum Gasteiger partial charge on any atom is 0.337 e. The highest BCUT2D eigenvalue weighted by Crippen LogP contribution is 2.32. The van der Waals surface area contributed by atoms with Crippen molar-refractivity contribution in [3.63, 3.8) is 0 Å². The molecule has 0 bridgehead atoms. The average Bonchev–Trinajstić information content (AvgIpc) is 2.55. The van der Waals surface area contributed by atoms with E-state index in [-0.39, 0.29) is 16.9 Å². The predicted octanol–water partition coefficient (Wildman–Crippen LogP) is 1.13. The van der Waals surface area contributed by atoms with Crippen LogP contribution < -0.4 is 0 Å². The van der Waals surface area contributed by atoms with E-state index in [1.165, 1.54) is 24.3 Å². The van der Waals surface area contributed by atoms with Crippen molar-refractivity contribution in [1.82, 2.24) is 0 Å². The van der Waals surface area contributed by atoms with Gasteiger partial charge in [0.2, 0.25) is 0 Å². The van der Waals surface area contributed by atoms with E-state index in [9.17, 15) is 18.3 Å². The highest BCUT2D eigenvalue weighted by molar-refractivity contribution is 7.97. The first-order valence-corrected chi connectivity index (χ1v) is 6.21. The Hall–Kier alpha value is -2.08. The number of carbonyl (C=O) groups is 1. The minimum absolute atomic E-state index is 0.0579. The molecule has 0 radical (unpaired) electrons. The summed E-state index contributed by atoms with van der Waals surface area (Å²) in [5.41, 5.74) is 0.128. The van der Waals surface area contributed by atoms with Crippen LogP contribution in [-0.4, -0.2) is 24.6 Å². The summed E-state index contributed by atoms with van der Waals surface area (Å²) in [5.74, 6) is -1.38. The van der Waals surface area contributed by atoms with E-state index < -0.39 is 15.8 Å². The van der Waals surface area contributed by atoms with Crippen molar-refractivity contribution >= 4 is 21.4 Å². The van der Waals surface area contributed by atoms with Crippen molar-refractivity contribution < 1.29 is 23.4 Å². The number of phenolic OH excluding ortho intramolecular Hbond substituents is 1. The number of sulfone groups is 1. The second kappa shape index (κ2) is 3.74. The van der Waals surface area contributed by atoms with E-state index in [1.54, 1.807) is 0 Å². The fourth-order valence-corrected chi connectivity index (χ4v) is 2.77. The quantitative estimate of drug-likeness (QED) is 0.823. The van der Waals surface area contributed by atoms with Crippen LogP contribution in [0.5, 0.6) is 5.75 Å². The van der Waals surface area contributed by atoms with Gasteiger partial charge in [-0.2, -0.15) is 0 Å². The largest absolute Gasteiger partial charge is 0.508 e. The first-order valence-electron chi connectivity index (χ1n) is 4.60. The van der Waals surface area contributed by atoms with Crippen molar-refractivity contribution in [2.75, 3.05) is 0 Å². The zero-order valence-electron chi connectivity index (χ0n) is 8.49. The number of carboxylic acids is 1. The third-order valence-electron chi connectivity index (χ3n) is 2.24. The number of aromatic hydroxyl groups is 1. The van der Waals surface area contributed by atoms with Gasteiger partial charge in [-0.1, -0.05) is 12.1 Å². The highest BCUT2D eigenvalue weighted by atomic mass is 32.2. The third kappa shape index (κ3) is 2.21. The fourth-order valence-electron chi connectivity index (χ4n) is 1.55. The normalized spacial score (nSPS) is 17.4. The summed E-state index contributed by atoms with van der Waals surface area (Å²) in [6.45, 7) is 0. The Morgan fingerprint density at radius 3 is 2.47 bits per heavy atom. The van der Waals surface area contributed by atoms with Gasteiger partial charge in [0, 0.05) is 11.0 Å². The van der Waals surface area contributed by atoms with Crippen molar-refractivity contribution in [3.8, 4) is 5.75 Å². The van der Waals surface area contributed by atoms with E-state index in [0.717, 1.165) is 5.41 Å². The first kappa shape index (κ1) is 11.4. The fraction of sp³-hybridized carbons (Fsp3) is 0. The van der Waals surface area contributed by atoms with Crippen LogP contribution in [0.25, 0.3) is 5.57 Å². The molecular formula is C11H8O5S. The Balaban J connectivity index is 2.60. The maximum atomic E-state index is 11.3. The molecule has 1 heterocycles. The summed E-state index contributed by atoms with van der Waals surface area (Å²) >= 11 is 0. The van der Waals surface area contributed by atoms with Crippen LogP contribution in [0.4, 0.5) is 0 Å². The number of benzene rings is 1. The Morgan fingerprint density at radius 2 is 1.88 bits per heavy atom. The standard InChI is InChI=1S/C11H8O5S/c12-8-3-1-2-7(4-8)9-5-17(15,16)6-10(9)11(13)14/h1-6,12H,(H,13,14). The number of hydrogen-bond acceptors (Lipinski definition) is 4. The molecule has 0 amide bonds. The predicted molar refractivity (Wildman–Crippen MR) is 60.7 cm³/mol. The molecule has 2 N–H and O–H groups in total. The molecule has 88 valence electrons. The lowest BCUT2D eigenvalue weighted by Crippen LogP contribution is -2.00. The van der Waals surface area contributed by atoms with Crippen LogP contribution in [0.3, 0.4) is 0 Å². The first-order chi connectivity index (χ1) is 7.89. The molecule has 0 aromatic heterocycles. The summed E-state index contributed by atoms with van der Waals surface area (Å²) in [4.78, 5) is 10.9. The van der Waals surface area contributed by atoms with Gasteiger partial charge in [-0.15, -0.1) is 0 Å². The van der Waals surface area contributed by atoms with Crippen LogP contribution in [0.1, 0.15) is 5.56 Å². The SMILES string of the molecule is O=C(O)C1=CS(=O)(=O)C=C1c1cccc(O)c1. The van der Waals surface area contributed by atoms with Gasteiger partial charge in [0.15, 0.2) is 9.84 Å². The Kier molecular flexibility index (Phi) is 2.51. The lowest BCUT2D eigenvalue weighted by atomic mass is 10.0. The second-order valence-corrected chi connectivity index (χ2v) is 5.16. The molecule has 0 saturated heterocycles. The Labute approximate surface area is 97.2 Å². The van der Waals surface area contributed by atoms with Gasteiger partial charge in [-0.3, -0.25) is 0 Å². The minimum atomic E-state index is -3.64. The zero-order valence-corrected chi connectivity index (χ0v) is 9.31. The Morgan fingerprint density at radius 1 is 1.18 bits per heavy atom.